The monoisotopic (exact) mass is 280 g/mol. The number of methoxy groups -OCH3 is 1. The van der Waals surface area contributed by atoms with Gasteiger partial charge in [0.15, 0.2) is 0 Å². The summed E-state index contributed by atoms with van der Waals surface area (Å²) >= 11 is 0. The molecule has 0 aliphatic rings. The van der Waals surface area contributed by atoms with Crippen LogP contribution in [0.4, 0.5) is 11.4 Å². The van der Waals surface area contributed by atoms with Gasteiger partial charge in [0, 0.05) is 13.1 Å². The SMILES string of the molecule is CCOOC=Nc1cc(N(CC)CC)c(OC)cc1C. The highest BCUT2D eigenvalue weighted by Gasteiger charge is 2.12. The minimum atomic E-state index is 0.484. The van der Waals surface area contributed by atoms with Crippen molar-refractivity contribution in [3.63, 3.8) is 0 Å². The number of nitrogens with zero attached hydrogens (tertiary/aromatic N) is 2. The van der Waals surface area contributed by atoms with E-state index in [0.29, 0.717) is 6.61 Å². The minimum absolute atomic E-state index is 0.484. The molecule has 0 aromatic heterocycles. The van der Waals surface area contributed by atoms with Crippen LogP contribution in [0.15, 0.2) is 17.1 Å². The minimum Gasteiger partial charge on any atom is -0.495 e. The molecule has 1 rings (SSSR count). The van der Waals surface area contributed by atoms with Gasteiger partial charge in [0.1, 0.15) is 5.75 Å². The van der Waals surface area contributed by atoms with Crippen molar-refractivity contribution >= 4 is 17.8 Å². The van der Waals surface area contributed by atoms with Crippen molar-refractivity contribution in [1.29, 1.82) is 0 Å². The number of ether oxygens (including phenoxy) is 1. The van der Waals surface area contributed by atoms with Crippen LogP contribution >= 0.6 is 0 Å². The van der Waals surface area contributed by atoms with Gasteiger partial charge in [-0.2, -0.15) is 4.89 Å². The molecule has 0 spiro atoms. The fourth-order valence-corrected chi connectivity index (χ4v) is 1.95. The van der Waals surface area contributed by atoms with Crippen molar-refractivity contribution in [1.82, 2.24) is 0 Å². The van der Waals surface area contributed by atoms with Gasteiger partial charge < -0.3 is 14.5 Å². The molecular formula is C15H24N2O3. The van der Waals surface area contributed by atoms with Gasteiger partial charge >= 0.3 is 0 Å². The van der Waals surface area contributed by atoms with E-state index in [0.717, 1.165) is 35.8 Å². The molecule has 0 aliphatic heterocycles. The van der Waals surface area contributed by atoms with E-state index in [1.165, 1.54) is 6.40 Å². The molecule has 5 nitrogen and oxygen atoms in total. The Morgan fingerprint density at radius 3 is 2.45 bits per heavy atom. The molecule has 0 saturated heterocycles. The molecule has 0 radical (unpaired) electrons. The summed E-state index contributed by atoms with van der Waals surface area (Å²) in [5.41, 5.74) is 2.90. The highest BCUT2D eigenvalue weighted by Crippen LogP contribution is 2.35. The summed E-state index contributed by atoms with van der Waals surface area (Å²) in [6.45, 7) is 10.4. The van der Waals surface area contributed by atoms with Crippen LogP contribution < -0.4 is 9.64 Å². The molecule has 112 valence electrons. The summed E-state index contributed by atoms with van der Waals surface area (Å²) in [5, 5.41) is 0. The Morgan fingerprint density at radius 1 is 1.20 bits per heavy atom. The standard InChI is InChI=1S/C15H24N2O3/c1-6-17(7-2)14-10-13(16-11-20-19-8-3)12(4)9-15(14)18-5/h9-11H,6-8H2,1-5H3. The molecule has 20 heavy (non-hydrogen) atoms. The average Bonchev–Trinajstić information content (AvgIpc) is 2.47. The molecule has 0 aliphatic carbocycles. The summed E-state index contributed by atoms with van der Waals surface area (Å²) in [6, 6.07) is 3.99. The summed E-state index contributed by atoms with van der Waals surface area (Å²) in [5.74, 6) is 0.857. The smallest absolute Gasteiger partial charge is 0.219 e. The van der Waals surface area contributed by atoms with Crippen LogP contribution in [0.25, 0.3) is 0 Å². The van der Waals surface area contributed by atoms with Gasteiger partial charge in [0.2, 0.25) is 6.40 Å². The van der Waals surface area contributed by atoms with E-state index in [9.17, 15) is 0 Å². The third-order valence-electron chi connectivity index (χ3n) is 3.02. The number of hydrogen-bond acceptors (Lipinski definition) is 5. The normalized spacial score (nSPS) is 10.8. The van der Waals surface area contributed by atoms with Crippen molar-refractivity contribution in [2.45, 2.75) is 27.7 Å². The summed E-state index contributed by atoms with van der Waals surface area (Å²) in [4.78, 5) is 16.1. The van der Waals surface area contributed by atoms with E-state index < -0.39 is 0 Å². The van der Waals surface area contributed by atoms with E-state index in [4.69, 9.17) is 14.5 Å². The second-order valence-corrected chi connectivity index (χ2v) is 4.22. The average molecular weight is 280 g/mol. The Hall–Kier alpha value is -1.75. The van der Waals surface area contributed by atoms with Gasteiger partial charge in [0.25, 0.3) is 0 Å². The molecule has 0 atom stereocenters. The molecule has 5 heteroatoms. The predicted octanol–water partition coefficient (Wildman–Crippen LogP) is 3.48. The molecule has 0 amide bonds. The molecule has 0 N–H and O–H groups in total. The van der Waals surface area contributed by atoms with E-state index in [1.54, 1.807) is 7.11 Å². The molecule has 0 fully saturated rings. The van der Waals surface area contributed by atoms with Crippen molar-refractivity contribution < 1.29 is 14.5 Å². The van der Waals surface area contributed by atoms with Crippen molar-refractivity contribution in [2.24, 2.45) is 4.99 Å². The lowest BCUT2D eigenvalue weighted by Crippen LogP contribution is -2.22. The summed E-state index contributed by atoms with van der Waals surface area (Å²) < 4.78 is 5.46. The fourth-order valence-electron chi connectivity index (χ4n) is 1.95. The Labute approximate surface area is 121 Å². The maximum Gasteiger partial charge on any atom is 0.219 e. The first kappa shape index (κ1) is 16.3. The predicted molar refractivity (Wildman–Crippen MR) is 82.2 cm³/mol. The van der Waals surface area contributed by atoms with Crippen molar-refractivity contribution in [3.05, 3.63) is 17.7 Å². The van der Waals surface area contributed by atoms with Crippen LogP contribution in [0.5, 0.6) is 5.75 Å². The summed E-state index contributed by atoms with van der Waals surface area (Å²) in [7, 11) is 1.68. The van der Waals surface area contributed by atoms with Crippen LogP contribution in [-0.2, 0) is 9.78 Å². The third kappa shape index (κ3) is 4.13. The number of anilines is 1. The van der Waals surface area contributed by atoms with E-state index in [2.05, 4.69) is 23.7 Å². The maximum absolute atomic E-state index is 5.46. The van der Waals surface area contributed by atoms with Gasteiger partial charge in [-0.3, -0.25) is 0 Å². The number of hydrogen-bond donors (Lipinski definition) is 0. The van der Waals surface area contributed by atoms with Gasteiger partial charge in [-0.25, -0.2) is 4.99 Å². The Balaban J connectivity index is 3.07. The van der Waals surface area contributed by atoms with E-state index in [-0.39, 0.29) is 0 Å². The summed E-state index contributed by atoms with van der Waals surface area (Å²) in [6.07, 6.45) is 1.31. The lowest BCUT2D eigenvalue weighted by Gasteiger charge is -2.24. The van der Waals surface area contributed by atoms with Crippen LogP contribution in [0.3, 0.4) is 0 Å². The molecule has 0 heterocycles. The van der Waals surface area contributed by atoms with Crippen LogP contribution in [0, 0.1) is 6.92 Å². The Kier molecular flexibility index (Phi) is 6.87. The second-order valence-electron chi connectivity index (χ2n) is 4.22. The zero-order valence-corrected chi connectivity index (χ0v) is 13.0. The third-order valence-corrected chi connectivity index (χ3v) is 3.02. The largest absolute Gasteiger partial charge is 0.495 e. The van der Waals surface area contributed by atoms with Gasteiger partial charge in [-0.05, 0) is 45.4 Å². The van der Waals surface area contributed by atoms with Gasteiger partial charge in [-0.15, -0.1) is 0 Å². The fraction of sp³-hybridized carbons (Fsp3) is 0.533. The topological polar surface area (TPSA) is 43.3 Å². The first-order valence-electron chi connectivity index (χ1n) is 6.92. The highest BCUT2D eigenvalue weighted by molar-refractivity contribution is 5.70. The zero-order chi connectivity index (χ0) is 15.0. The number of rotatable bonds is 8. The number of aryl methyl sites for hydroxylation is 1. The van der Waals surface area contributed by atoms with Crippen molar-refractivity contribution in [2.75, 3.05) is 31.7 Å². The lowest BCUT2D eigenvalue weighted by atomic mass is 10.1. The number of aliphatic imine (C=N–C) groups is 1. The quantitative estimate of drug-likeness (QED) is 0.240. The highest BCUT2D eigenvalue weighted by atomic mass is 17.2. The van der Waals surface area contributed by atoms with E-state index in [1.807, 2.05) is 26.0 Å². The number of benzene rings is 1. The van der Waals surface area contributed by atoms with E-state index >= 15 is 0 Å². The van der Waals surface area contributed by atoms with Crippen LogP contribution in [0.2, 0.25) is 0 Å². The van der Waals surface area contributed by atoms with Crippen LogP contribution in [-0.4, -0.2) is 33.2 Å². The first-order chi connectivity index (χ1) is 9.67. The zero-order valence-electron chi connectivity index (χ0n) is 13.0. The lowest BCUT2D eigenvalue weighted by molar-refractivity contribution is -0.211. The first-order valence-corrected chi connectivity index (χ1v) is 6.92. The maximum atomic E-state index is 5.46. The van der Waals surface area contributed by atoms with Gasteiger partial charge in [-0.1, -0.05) is 0 Å². The Bertz CT molecular complexity index is 443. The second kappa shape index (κ2) is 8.43. The van der Waals surface area contributed by atoms with Crippen LogP contribution in [0.1, 0.15) is 26.3 Å². The molecule has 1 aromatic rings. The molecule has 0 bridgehead atoms. The van der Waals surface area contributed by atoms with Gasteiger partial charge in [0.05, 0.1) is 25.1 Å². The molecule has 0 saturated carbocycles. The molecule has 0 unspecified atom stereocenters. The molecule has 1 aromatic carbocycles. The Morgan fingerprint density at radius 2 is 1.90 bits per heavy atom. The molecular weight excluding hydrogens is 256 g/mol. The van der Waals surface area contributed by atoms with Crippen molar-refractivity contribution in [3.8, 4) is 5.75 Å².